The number of fused-ring (bicyclic) bond motifs is 1. The molecular formula is C15H12ClN3OS. The Morgan fingerprint density at radius 2 is 2.29 bits per heavy atom. The third-order valence-corrected chi connectivity index (χ3v) is 4.09. The van der Waals surface area contributed by atoms with Gasteiger partial charge in [0.1, 0.15) is 5.65 Å². The van der Waals surface area contributed by atoms with E-state index in [9.17, 15) is 4.79 Å². The molecule has 0 aliphatic rings. The highest BCUT2D eigenvalue weighted by Gasteiger charge is 2.07. The molecule has 0 radical (unpaired) electrons. The molecule has 106 valence electrons. The molecule has 3 aromatic rings. The van der Waals surface area contributed by atoms with E-state index in [4.69, 9.17) is 11.6 Å². The second-order valence-corrected chi connectivity index (χ2v) is 5.74. The minimum Gasteiger partial charge on any atom is -0.348 e. The van der Waals surface area contributed by atoms with Gasteiger partial charge in [0.15, 0.2) is 5.15 Å². The first-order valence-corrected chi connectivity index (χ1v) is 7.60. The van der Waals surface area contributed by atoms with Crippen LogP contribution in [0.3, 0.4) is 0 Å². The van der Waals surface area contributed by atoms with Crippen LogP contribution in [-0.2, 0) is 11.3 Å². The third kappa shape index (κ3) is 3.15. The summed E-state index contributed by atoms with van der Waals surface area (Å²) < 4.78 is 1.84. The molecule has 0 aliphatic heterocycles. The summed E-state index contributed by atoms with van der Waals surface area (Å²) in [5.74, 6) is -0.162. The molecular weight excluding hydrogens is 306 g/mol. The molecule has 1 N–H and O–H groups in total. The lowest BCUT2D eigenvalue weighted by Gasteiger charge is -1.99. The molecule has 21 heavy (non-hydrogen) atoms. The van der Waals surface area contributed by atoms with E-state index in [1.165, 1.54) is 6.08 Å². The summed E-state index contributed by atoms with van der Waals surface area (Å²) in [6.45, 7) is 0.529. The summed E-state index contributed by atoms with van der Waals surface area (Å²) in [4.78, 5) is 17.2. The van der Waals surface area contributed by atoms with Gasteiger partial charge in [-0.15, -0.1) is 11.3 Å². The highest BCUT2D eigenvalue weighted by Crippen LogP contribution is 2.18. The summed E-state index contributed by atoms with van der Waals surface area (Å²) >= 11 is 7.71. The second kappa shape index (κ2) is 6.11. The fourth-order valence-electron chi connectivity index (χ4n) is 1.94. The lowest BCUT2D eigenvalue weighted by molar-refractivity contribution is -0.116. The number of pyridine rings is 1. The van der Waals surface area contributed by atoms with E-state index < -0.39 is 0 Å². The summed E-state index contributed by atoms with van der Waals surface area (Å²) in [7, 11) is 0. The number of amides is 1. The van der Waals surface area contributed by atoms with E-state index in [-0.39, 0.29) is 5.91 Å². The molecule has 3 aromatic heterocycles. The molecule has 0 saturated heterocycles. The van der Waals surface area contributed by atoms with Crippen molar-refractivity contribution in [3.05, 3.63) is 63.7 Å². The summed E-state index contributed by atoms with van der Waals surface area (Å²) in [6.07, 6.45) is 5.00. The topological polar surface area (TPSA) is 46.4 Å². The van der Waals surface area contributed by atoms with Crippen molar-refractivity contribution in [2.75, 3.05) is 0 Å². The van der Waals surface area contributed by atoms with Gasteiger partial charge in [-0.2, -0.15) is 0 Å². The van der Waals surface area contributed by atoms with Crippen LogP contribution >= 0.6 is 22.9 Å². The average molecular weight is 318 g/mol. The zero-order valence-corrected chi connectivity index (χ0v) is 12.6. The summed E-state index contributed by atoms with van der Waals surface area (Å²) in [5.41, 5.74) is 1.44. The standard InChI is InChI=1S/C15H12ClN3OS/c16-15-12(19-8-2-1-5-13(19)18-15)6-7-14(20)17-10-11-4-3-9-21-11/h1-9H,10H2,(H,17,20). The molecule has 0 unspecified atom stereocenters. The van der Waals surface area contributed by atoms with E-state index >= 15 is 0 Å². The van der Waals surface area contributed by atoms with Crippen LogP contribution < -0.4 is 5.32 Å². The Morgan fingerprint density at radius 1 is 1.38 bits per heavy atom. The molecule has 6 heteroatoms. The fraction of sp³-hybridized carbons (Fsp3) is 0.0667. The lowest BCUT2D eigenvalue weighted by Crippen LogP contribution is -2.19. The molecule has 0 aliphatic carbocycles. The van der Waals surface area contributed by atoms with Gasteiger partial charge in [0, 0.05) is 17.2 Å². The highest BCUT2D eigenvalue weighted by atomic mass is 35.5. The molecule has 0 saturated carbocycles. The van der Waals surface area contributed by atoms with Gasteiger partial charge in [-0.1, -0.05) is 23.7 Å². The van der Waals surface area contributed by atoms with Crippen molar-refractivity contribution < 1.29 is 4.79 Å². The van der Waals surface area contributed by atoms with Crippen molar-refractivity contribution in [1.82, 2.24) is 14.7 Å². The normalized spacial score (nSPS) is 11.3. The highest BCUT2D eigenvalue weighted by molar-refractivity contribution is 7.09. The fourth-order valence-corrected chi connectivity index (χ4v) is 2.82. The predicted octanol–water partition coefficient (Wildman–Crippen LogP) is 3.38. The van der Waals surface area contributed by atoms with Crippen molar-refractivity contribution in [2.24, 2.45) is 0 Å². The van der Waals surface area contributed by atoms with Gasteiger partial charge in [-0.05, 0) is 29.7 Å². The second-order valence-electron chi connectivity index (χ2n) is 4.35. The van der Waals surface area contributed by atoms with E-state index in [2.05, 4.69) is 10.3 Å². The largest absolute Gasteiger partial charge is 0.348 e. The molecule has 0 atom stereocenters. The number of carbonyl (C=O) groups excluding carboxylic acids is 1. The summed E-state index contributed by atoms with van der Waals surface area (Å²) in [6, 6.07) is 9.58. The van der Waals surface area contributed by atoms with Crippen molar-refractivity contribution >= 4 is 40.6 Å². The quantitative estimate of drug-likeness (QED) is 0.750. The number of hydrogen-bond donors (Lipinski definition) is 1. The molecule has 0 spiro atoms. The van der Waals surface area contributed by atoms with Crippen LogP contribution in [0.1, 0.15) is 10.6 Å². The molecule has 3 rings (SSSR count). The number of carbonyl (C=O) groups is 1. The van der Waals surface area contributed by atoms with E-state index in [1.807, 2.05) is 46.3 Å². The Hall–Kier alpha value is -2.11. The van der Waals surface area contributed by atoms with E-state index in [1.54, 1.807) is 17.4 Å². The molecule has 3 heterocycles. The first-order valence-electron chi connectivity index (χ1n) is 6.35. The van der Waals surface area contributed by atoms with Gasteiger partial charge in [0.25, 0.3) is 0 Å². The van der Waals surface area contributed by atoms with Crippen LogP contribution in [0.25, 0.3) is 11.7 Å². The third-order valence-electron chi connectivity index (χ3n) is 2.93. The predicted molar refractivity (Wildman–Crippen MR) is 85.4 cm³/mol. The van der Waals surface area contributed by atoms with Gasteiger partial charge in [-0.3, -0.25) is 9.20 Å². The van der Waals surface area contributed by atoms with Crippen molar-refractivity contribution in [2.45, 2.75) is 6.54 Å². The SMILES string of the molecule is O=C(C=Cc1c(Cl)nc2ccccn12)NCc1cccs1. The number of hydrogen-bond acceptors (Lipinski definition) is 3. The molecule has 1 amide bonds. The Balaban J connectivity index is 1.72. The van der Waals surface area contributed by atoms with Crippen molar-refractivity contribution in [3.63, 3.8) is 0 Å². The number of rotatable bonds is 4. The van der Waals surface area contributed by atoms with E-state index in [0.717, 1.165) is 10.5 Å². The van der Waals surface area contributed by atoms with Gasteiger partial charge in [-0.25, -0.2) is 4.98 Å². The molecule has 0 fully saturated rings. The number of halogens is 1. The van der Waals surface area contributed by atoms with Crippen LogP contribution in [0.2, 0.25) is 5.15 Å². The van der Waals surface area contributed by atoms with Crippen molar-refractivity contribution in [3.8, 4) is 0 Å². The Labute approximate surface area is 130 Å². The number of aromatic nitrogens is 2. The van der Waals surface area contributed by atoms with Gasteiger partial charge >= 0.3 is 0 Å². The zero-order chi connectivity index (χ0) is 14.7. The van der Waals surface area contributed by atoms with Crippen LogP contribution in [-0.4, -0.2) is 15.3 Å². The van der Waals surface area contributed by atoms with Crippen LogP contribution in [0.5, 0.6) is 0 Å². The molecule has 0 aromatic carbocycles. The minimum absolute atomic E-state index is 0.162. The number of nitrogens with zero attached hydrogens (tertiary/aromatic N) is 2. The van der Waals surface area contributed by atoms with Crippen LogP contribution in [0.4, 0.5) is 0 Å². The minimum atomic E-state index is -0.162. The maximum Gasteiger partial charge on any atom is 0.244 e. The maximum absolute atomic E-state index is 11.8. The van der Waals surface area contributed by atoms with Crippen LogP contribution in [0, 0.1) is 0 Å². The number of imidazole rings is 1. The average Bonchev–Trinajstić information content (AvgIpc) is 3.10. The number of nitrogens with one attached hydrogen (secondary N) is 1. The van der Waals surface area contributed by atoms with Crippen molar-refractivity contribution in [1.29, 1.82) is 0 Å². The maximum atomic E-state index is 11.8. The number of thiophene rings is 1. The smallest absolute Gasteiger partial charge is 0.244 e. The molecule has 0 bridgehead atoms. The Bertz CT molecular complexity index is 792. The molecule has 4 nitrogen and oxygen atoms in total. The van der Waals surface area contributed by atoms with E-state index in [0.29, 0.717) is 17.4 Å². The Morgan fingerprint density at radius 3 is 3.10 bits per heavy atom. The first-order chi connectivity index (χ1) is 10.2. The summed E-state index contributed by atoms with van der Waals surface area (Å²) in [5, 5.41) is 5.19. The first kappa shape index (κ1) is 13.9. The van der Waals surface area contributed by atoms with Gasteiger partial charge in [0.2, 0.25) is 5.91 Å². The van der Waals surface area contributed by atoms with Crippen LogP contribution in [0.15, 0.2) is 48.0 Å². The van der Waals surface area contributed by atoms with Gasteiger partial charge < -0.3 is 5.32 Å². The zero-order valence-electron chi connectivity index (χ0n) is 11.0. The Kier molecular flexibility index (Phi) is 4.03. The monoisotopic (exact) mass is 317 g/mol. The lowest BCUT2D eigenvalue weighted by atomic mass is 10.3. The van der Waals surface area contributed by atoms with Gasteiger partial charge in [0.05, 0.1) is 12.2 Å².